The Balaban J connectivity index is 1.49. The molecule has 2 aliphatic heterocycles. The predicted octanol–water partition coefficient (Wildman–Crippen LogP) is 3.48. The van der Waals surface area contributed by atoms with E-state index in [0.717, 1.165) is 18.9 Å². The number of nitriles is 1. The van der Waals surface area contributed by atoms with Gasteiger partial charge in [-0.25, -0.2) is 13.2 Å². The first kappa shape index (κ1) is 23.4. The zero-order valence-electron chi connectivity index (χ0n) is 19.5. The summed E-state index contributed by atoms with van der Waals surface area (Å²) in [5.74, 6) is -4.47. The molecule has 35 heavy (non-hydrogen) atoms. The maximum atomic E-state index is 14.6. The monoisotopic (exact) mass is 485 g/mol. The Bertz CT molecular complexity index is 1240. The van der Waals surface area contributed by atoms with Crippen molar-refractivity contribution in [3.05, 3.63) is 35.3 Å². The lowest BCUT2D eigenvalue weighted by atomic mass is 9.81. The lowest BCUT2D eigenvalue weighted by Gasteiger charge is -2.39. The molecule has 0 unspecified atom stereocenters. The minimum atomic E-state index is -1.61. The number of rotatable bonds is 3. The molecule has 3 aliphatic rings. The number of hydrogen-bond acceptors (Lipinski definition) is 5. The number of carbonyl (C=O) groups is 2. The van der Waals surface area contributed by atoms with Crippen molar-refractivity contribution in [3.8, 4) is 6.07 Å². The van der Waals surface area contributed by atoms with Gasteiger partial charge >= 0.3 is 0 Å². The summed E-state index contributed by atoms with van der Waals surface area (Å²) in [7, 11) is 0. The molecule has 0 atom stereocenters. The van der Waals surface area contributed by atoms with E-state index in [-0.39, 0.29) is 34.2 Å². The number of hydrogen-bond donors (Lipinski definition) is 0. The van der Waals surface area contributed by atoms with E-state index in [1.807, 2.05) is 11.8 Å². The van der Waals surface area contributed by atoms with Gasteiger partial charge < -0.3 is 14.7 Å². The molecule has 1 saturated carbocycles. The molecule has 1 aromatic heterocycles. The van der Waals surface area contributed by atoms with Crippen LogP contribution in [0.25, 0.3) is 10.9 Å². The zero-order chi connectivity index (χ0) is 24.9. The molecule has 0 bridgehead atoms. The van der Waals surface area contributed by atoms with Crippen LogP contribution in [0.1, 0.15) is 43.0 Å². The van der Waals surface area contributed by atoms with Crippen LogP contribution in [0.3, 0.4) is 0 Å². The van der Waals surface area contributed by atoms with E-state index in [9.17, 15) is 28.0 Å². The number of nitrogens with zero attached hydrogens (tertiary/aromatic N) is 5. The number of pyridine rings is 1. The molecule has 0 radical (unpaired) electrons. The molecule has 1 aromatic carbocycles. The Kier molecular flexibility index (Phi) is 5.82. The number of fused-ring (bicyclic) bond motifs is 1. The predicted molar refractivity (Wildman–Crippen MR) is 122 cm³/mol. The van der Waals surface area contributed by atoms with Gasteiger partial charge in [0.05, 0.1) is 22.7 Å². The Morgan fingerprint density at radius 1 is 1.03 bits per heavy atom. The lowest BCUT2D eigenvalue weighted by Crippen LogP contribution is -2.51. The minimum absolute atomic E-state index is 0.0235. The fourth-order valence-corrected chi connectivity index (χ4v) is 4.95. The molecular formula is C25H26F3N5O2. The van der Waals surface area contributed by atoms with Crippen LogP contribution in [-0.4, -0.2) is 65.9 Å². The average molecular weight is 486 g/mol. The summed E-state index contributed by atoms with van der Waals surface area (Å²) < 4.78 is 42.8. The molecule has 2 aromatic rings. The third kappa shape index (κ3) is 4.17. The highest BCUT2D eigenvalue weighted by molar-refractivity contribution is 6.07. The van der Waals surface area contributed by atoms with Crippen molar-refractivity contribution in [2.75, 3.05) is 44.2 Å². The van der Waals surface area contributed by atoms with Crippen molar-refractivity contribution in [1.82, 2.24) is 14.8 Å². The van der Waals surface area contributed by atoms with E-state index < -0.39 is 22.9 Å². The maximum Gasteiger partial charge on any atom is 0.257 e. The third-order valence-electron chi connectivity index (χ3n) is 7.46. The van der Waals surface area contributed by atoms with Crippen molar-refractivity contribution in [2.24, 2.45) is 11.3 Å². The first-order valence-corrected chi connectivity index (χ1v) is 11.9. The van der Waals surface area contributed by atoms with Crippen LogP contribution >= 0.6 is 0 Å². The molecule has 5 rings (SSSR count). The SMILES string of the molecule is CC1(C#N)CCN(c2c(C(=O)N3CCN(C(=O)C4CC4)CC3)cnc3c(F)c(F)c(F)cc23)CC1. The molecule has 2 saturated heterocycles. The van der Waals surface area contributed by atoms with Gasteiger partial charge in [-0.1, -0.05) is 0 Å². The molecule has 3 heterocycles. The third-order valence-corrected chi connectivity index (χ3v) is 7.46. The van der Waals surface area contributed by atoms with Gasteiger partial charge in [-0.15, -0.1) is 0 Å². The summed E-state index contributed by atoms with van der Waals surface area (Å²) in [5.41, 5.74) is -0.403. The van der Waals surface area contributed by atoms with Gasteiger partial charge in [0.15, 0.2) is 17.5 Å². The van der Waals surface area contributed by atoms with Gasteiger partial charge in [0.1, 0.15) is 5.52 Å². The number of amides is 2. The van der Waals surface area contributed by atoms with Crippen molar-refractivity contribution in [1.29, 1.82) is 5.26 Å². The molecular weight excluding hydrogens is 459 g/mol. The molecule has 7 nitrogen and oxygen atoms in total. The van der Waals surface area contributed by atoms with E-state index in [1.54, 1.807) is 9.80 Å². The molecule has 3 fully saturated rings. The Hall–Kier alpha value is -3.35. The molecule has 2 amide bonds. The highest BCUT2D eigenvalue weighted by atomic mass is 19.2. The summed E-state index contributed by atoms with van der Waals surface area (Å²) in [4.78, 5) is 35.2. The summed E-state index contributed by atoms with van der Waals surface area (Å²) >= 11 is 0. The van der Waals surface area contributed by atoms with Crippen molar-refractivity contribution >= 4 is 28.4 Å². The standard InChI is InChI=1S/C25H26F3N5O2/c1-25(14-29)4-6-31(7-5-25)22-16-12-18(26)19(27)20(28)21(16)30-13-17(22)24(35)33-10-8-32(9-11-33)23(34)15-2-3-15/h12-13,15H,2-11H2,1H3. The summed E-state index contributed by atoms with van der Waals surface area (Å²) in [6.07, 6.45) is 4.07. The van der Waals surface area contributed by atoms with E-state index in [2.05, 4.69) is 11.1 Å². The highest BCUT2D eigenvalue weighted by Gasteiger charge is 2.37. The fraction of sp³-hybridized carbons (Fsp3) is 0.520. The topological polar surface area (TPSA) is 80.5 Å². The fourth-order valence-electron chi connectivity index (χ4n) is 4.95. The largest absolute Gasteiger partial charge is 0.370 e. The number of carbonyl (C=O) groups excluding carboxylic acids is 2. The Morgan fingerprint density at radius 2 is 1.66 bits per heavy atom. The first-order chi connectivity index (χ1) is 16.7. The zero-order valence-corrected chi connectivity index (χ0v) is 19.5. The van der Waals surface area contributed by atoms with Crippen LogP contribution in [0.2, 0.25) is 0 Å². The van der Waals surface area contributed by atoms with Gasteiger partial charge in [0.2, 0.25) is 5.91 Å². The minimum Gasteiger partial charge on any atom is -0.370 e. The van der Waals surface area contributed by atoms with E-state index in [4.69, 9.17) is 0 Å². The number of piperidine rings is 1. The molecule has 0 spiro atoms. The molecule has 10 heteroatoms. The summed E-state index contributed by atoms with van der Waals surface area (Å²) in [6, 6.07) is 3.20. The van der Waals surface area contributed by atoms with Gasteiger partial charge in [-0.3, -0.25) is 14.6 Å². The first-order valence-electron chi connectivity index (χ1n) is 11.9. The van der Waals surface area contributed by atoms with Crippen LogP contribution in [0.4, 0.5) is 18.9 Å². The summed E-state index contributed by atoms with van der Waals surface area (Å²) in [6.45, 7) is 4.19. The van der Waals surface area contributed by atoms with Gasteiger partial charge in [-0.2, -0.15) is 5.26 Å². The van der Waals surface area contributed by atoms with Crippen LogP contribution in [0, 0.1) is 40.1 Å². The van der Waals surface area contributed by atoms with Crippen LogP contribution in [0.5, 0.6) is 0 Å². The van der Waals surface area contributed by atoms with Gasteiger partial charge in [-0.05, 0) is 38.7 Å². The van der Waals surface area contributed by atoms with Crippen LogP contribution < -0.4 is 4.90 Å². The second kappa shape index (κ2) is 8.70. The summed E-state index contributed by atoms with van der Waals surface area (Å²) in [5, 5.41) is 9.51. The number of halogens is 3. The maximum absolute atomic E-state index is 14.6. The van der Waals surface area contributed by atoms with Gasteiger partial charge in [0, 0.05) is 56.8 Å². The van der Waals surface area contributed by atoms with E-state index in [0.29, 0.717) is 57.8 Å². The van der Waals surface area contributed by atoms with Crippen molar-refractivity contribution in [2.45, 2.75) is 32.6 Å². The van der Waals surface area contributed by atoms with E-state index in [1.165, 1.54) is 6.20 Å². The second-order valence-corrected chi connectivity index (χ2v) is 9.95. The average Bonchev–Trinajstić information content (AvgIpc) is 3.72. The van der Waals surface area contributed by atoms with Crippen LogP contribution in [0.15, 0.2) is 12.3 Å². The molecule has 184 valence electrons. The number of benzene rings is 1. The number of aromatic nitrogens is 1. The second-order valence-electron chi connectivity index (χ2n) is 9.95. The van der Waals surface area contributed by atoms with Crippen molar-refractivity contribution < 1.29 is 22.8 Å². The lowest BCUT2D eigenvalue weighted by molar-refractivity contribution is -0.134. The van der Waals surface area contributed by atoms with E-state index >= 15 is 0 Å². The van der Waals surface area contributed by atoms with Gasteiger partial charge in [0.25, 0.3) is 5.91 Å². The highest BCUT2D eigenvalue weighted by Crippen LogP contribution is 2.38. The Labute approximate surface area is 201 Å². The van der Waals surface area contributed by atoms with Crippen molar-refractivity contribution in [3.63, 3.8) is 0 Å². The number of anilines is 1. The normalized spacial score (nSPS) is 20.1. The molecule has 1 aliphatic carbocycles. The van der Waals surface area contributed by atoms with Crippen LogP contribution in [-0.2, 0) is 4.79 Å². The Morgan fingerprint density at radius 3 is 2.26 bits per heavy atom. The number of piperazine rings is 1. The molecule has 0 N–H and O–H groups in total. The quantitative estimate of drug-likeness (QED) is 0.622. The smallest absolute Gasteiger partial charge is 0.257 e.